The SMILES string of the molecule is CN(C)C(=O)Cc1ccc(NCc2ccn[nH]2)cc1. The van der Waals surface area contributed by atoms with Gasteiger partial charge in [-0.15, -0.1) is 0 Å². The van der Waals surface area contributed by atoms with E-state index >= 15 is 0 Å². The molecule has 1 heterocycles. The van der Waals surface area contributed by atoms with E-state index in [2.05, 4.69) is 15.5 Å². The third kappa shape index (κ3) is 3.84. The quantitative estimate of drug-likeness (QED) is 0.857. The van der Waals surface area contributed by atoms with E-state index in [1.807, 2.05) is 30.3 Å². The van der Waals surface area contributed by atoms with Crippen LogP contribution >= 0.6 is 0 Å². The summed E-state index contributed by atoms with van der Waals surface area (Å²) in [4.78, 5) is 13.2. The Balaban J connectivity index is 1.89. The number of benzene rings is 1. The summed E-state index contributed by atoms with van der Waals surface area (Å²) in [7, 11) is 3.53. The lowest BCUT2D eigenvalue weighted by Crippen LogP contribution is -2.23. The molecular formula is C14H18N4O. The molecule has 0 radical (unpaired) electrons. The van der Waals surface area contributed by atoms with Crippen molar-refractivity contribution in [3.63, 3.8) is 0 Å². The van der Waals surface area contributed by atoms with E-state index in [-0.39, 0.29) is 5.91 Å². The molecule has 1 aromatic carbocycles. The van der Waals surface area contributed by atoms with Gasteiger partial charge in [0.2, 0.25) is 5.91 Å². The fourth-order valence-corrected chi connectivity index (χ4v) is 1.65. The fourth-order valence-electron chi connectivity index (χ4n) is 1.65. The predicted molar refractivity (Wildman–Crippen MR) is 74.8 cm³/mol. The van der Waals surface area contributed by atoms with Crippen LogP contribution in [0.25, 0.3) is 0 Å². The number of aromatic amines is 1. The number of nitrogens with zero attached hydrogens (tertiary/aromatic N) is 2. The molecule has 2 rings (SSSR count). The standard InChI is InChI=1S/C14H18N4O/c1-18(2)14(19)9-11-3-5-12(6-4-11)15-10-13-7-8-16-17-13/h3-8,15H,9-10H2,1-2H3,(H,16,17). The molecule has 1 amide bonds. The molecule has 5 heteroatoms. The van der Waals surface area contributed by atoms with Gasteiger partial charge in [-0.05, 0) is 23.8 Å². The topological polar surface area (TPSA) is 61.0 Å². The van der Waals surface area contributed by atoms with Crippen molar-refractivity contribution in [2.75, 3.05) is 19.4 Å². The number of carbonyl (C=O) groups is 1. The van der Waals surface area contributed by atoms with Gasteiger partial charge in [-0.1, -0.05) is 12.1 Å². The van der Waals surface area contributed by atoms with E-state index in [1.165, 1.54) is 0 Å². The zero-order valence-electron chi connectivity index (χ0n) is 11.2. The smallest absolute Gasteiger partial charge is 0.226 e. The normalized spacial score (nSPS) is 10.2. The Hall–Kier alpha value is -2.30. The Morgan fingerprint density at radius 3 is 2.58 bits per heavy atom. The van der Waals surface area contributed by atoms with Gasteiger partial charge in [0, 0.05) is 26.0 Å². The summed E-state index contributed by atoms with van der Waals surface area (Å²) in [5.41, 5.74) is 3.08. The number of amides is 1. The number of anilines is 1. The third-order valence-corrected chi connectivity index (χ3v) is 2.85. The van der Waals surface area contributed by atoms with E-state index in [0.29, 0.717) is 13.0 Å². The molecule has 100 valence electrons. The van der Waals surface area contributed by atoms with Crippen molar-refractivity contribution in [3.8, 4) is 0 Å². The van der Waals surface area contributed by atoms with Crippen LogP contribution in [0, 0.1) is 0 Å². The van der Waals surface area contributed by atoms with Crippen LogP contribution in [0.4, 0.5) is 5.69 Å². The largest absolute Gasteiger partial charge is 0.379 e. The molecule has 0 fully saturated rings. The molecule has 1 aromatic heterocycles. The van der Waals surface area contributed by atoms with Crippen molar-refractivity contribution in [2.24, 2.45) is 0 Å². The van der Waals surface area contributed by atoms with Crippen LogP contribution in [0.1, 0.15) is 11.3 Å². The summed E-state index contributed by atoms with van der Waals surface area (Å²) < 4.78 is 0. The molecular weight excluding hydrogens is 240 g/mol. The molecule has 0 atom stereocenters. The lowest BCUT2D eigenvalue weighted by Gasteiger charge is -2.10. The number of hydrogen-bond donors (Lipinski definition) is 2. The summed E-state index contributed by atoms with van der Waals surface area (Å²) >= 11 is 0. The van der Waals surface area contributed by atoms with E-state index in [0.717, 1.165) is 16.9 Å². The van der Waals surface area contributed by atoms with Gasteiger partial charge < -0.3 is 10.2 Å². The zero-order valence-corrected chi connectivity index (χ0v) is 11.2. The van der Waals surface area contributed by atoms with Crippen LogP contribution in [0.2, 0.25) is 0 Å². The number of H-pyrrole nitrogens is 1. The molecule has 0 saturated heterocycles. The minimum absolute atomic E-state index is 0.109. The van der Waals surface area contributed by atoms with Crippen molar-refractivity contribution >= 4 is 11.6 Å². The molecule has 5 nitrogen and oxygen atoms in total. The lowest BCUT2D eigenvalue weighted by molar-refractivity contribution is -0.127. The van der Waals surface area contributed by atoms with Gasteiger partial charge in [-0.3, -0.25) is 9.89 Å². The van der Waals surface area contributed by atoms with Crippen LogP contribution in [0.5, 0.6) is 0 Å². The highest BCUT2D eigenvalue weighted by Crippen LogP contribution is 2.11. The Morgan fingerprint density at radius 1 is 1.26 bits per heavy atom. The summed E-state index contributed by atoms with van der Waals surface area (Å²) in [6.45, 7) is 0.704. The van der Waals surface area contributed by atoms with Crippen LogP contribution in [-0.4, -0.2) is 35.1 Å². The predicted octanol–water partition coefficient (Wildman–Crippen LogP) is 1.65. The van der Waals surface area contributed by atoms with E-state index < -0.39 is 0 Å². The molecule has 0 aliphatic carbocycles. The van der Waals surface area contributed by atoms with Crippen LogP contribution in [0.3, 0.4) is 0 Å². The summed E-state index contributed by atoms with van der Waals surface area (Å²) in [5, 5.41) is 10.1. The maximum absolute atomic E-state index is 11.6. The van der Waals surface area contributed by atoms with Gasteiger partial charge in [0.25, 0.3) is 0 Å². The second kappa shape index (κ2) is 6.04. The number of aromatic nitrogens is 2. The average Bonchev–Trinajstić information content (AvgIpc) is 2.91. The first-order valence-corrected chi connectivity index (χ1v) is 6.16. The van der Waals surface area contributed by atoms with Gasteiger partial charge in [0.1, 0.15) is 0 Å². The monoisotopic (exact) mass is 258 g/mol. The molecule has 2 N–H and O–H groups in total. The highest BCUT2D eigenvalue weighted by atomic mass is 16.2. The number of hydrogen-bond acceptors (Lipinski definition) is 3. The summed E-state index contributed by atoms with van der Waals surface area (Å²) in [6.07, 6.45) is 2.17. The van der Waals surface area contributed by atoms with Gasteiger partial charge in [0.15, 0.2) is 0 Å². The maximum atomic E-state index is 11.6. The highest BCUT2D eigenvalue weighted by molar-refractivity contribution is 5.78. The first kappa shape index (κ1) is 13.1. The number of carbonyl (C=O) groups excluding carboxylic acids is 1. The summed E-state index contributed by atoms with van der Waals surface area (Å²) in [5.74, 6) is 0.109. The Labute approximate surface area is 112 Å². The van der Waals surface area contributed by atoms with Crippen molar-refractivity contribution in [1.82, 2.24) is 15.1 Å². The second-order valence-corrected chi connectivity index (χ2v) is 4.60. The number of likely N-dealkylation sites (N-methyl/N-ethyl adjacent to an activating group) is 1. The Morgan fingerprint density at radius 2 is 2.00 bits per heavy atom. The van der Waals surface area contributed by atoms with Crippen molar-refractivity contribution in [3.05, 3.63) is 47.8 Å². The lowest BCUT2D eigenvalue weighted by atomic mass is 10.1. The minimum Gasteiger partial charge on any atom is -0.379 e. The molecule has 0 aliphatic rings. The van der Waals surface area contributed by atoms with Gasteiger partial charge in [0.05, 0.1) is 18.7 Å². The van der Waals surface area contributed by atoms with Crippen molar-refractivity contribution in [2.45, 2.75) is 13.0 Å². The average molecular weight is 258 g/mol. The van der Waals surface area contributed by atoms with E-state index in [9.17, 15) is 4.79 Å². The molecule has 2 aromatic rings. The fraction of sp³-hybridized carbons (Fsp3) is 0.286. The van der Waals surface area contributed by atoms with Crippen LogP contribution in [0.15, 0.2) is 36.5 Å². The van der Waals surface area contributed by atoms with Gasteiger partial charge in [-0.25, -0.2) is 0 Å². The maximum Gasteiger partial charge on any atom is 0.226 e. The number of rotatable bonds is 5. The van der Waals surface area contributed by atoms with Crippen molar-refractivity contribution in [1.29, 1.82) is 0 Å². The molecule has 0 bridgehead atoms. The van der Waals surface area contributed by atoms with Crippen molar-refractivity contribution < 1.29 is 4.79 Å². The molecule has 0 saturated carbocycles. The molecule has 0 aliphatic heterocycles. The third-order valence-electron chi connectivity index (χ3n) is 2.85. The van der Waals surface area contributed by atoms with Gasteiger partial charge in [-0.2, -0.15) is 5.10 Å². The molecule has 0 unspecified atom stereocenters. The van der Waals surface area contributed by atoms with Crippen LogP contribution in [-0.2, 0) is 17.8 Å². The zero-order chi connectivity index (χ0) is 13.7. The summed E-state index contributed by atoms with van der Waals surface area (Å²) in [6, 6.07) is 9.83. The first-order valence-electron chi connectivity index (χ1n) is 6.16. The van der Waals surface area contributed by atoms with E-state index in [4.69, 9.17) is 0 Å². The Bertz CT molecular complexity index is 517. The number of nitrogens with one attached hydrogen (secondary N) is 2. The van der Waals surface area contributed by atoms with Gasteiger partial charge >= 0.3 is 0 Å². The highest BCUT2D eigenvalue weighted by Gasteiger charge is 2.05. The minimum atomic E-state index is 0.109. The van der Waals surface area contributed by atoms with Crippen LogP contribution < -0.4 is 5.32 Å². The molecule has 0 spiro atoms. The first-order chi connectivity index (χ1) is 9.15. The Kier molecular flexibility index (Phi) is 4.18. The van der Waals surface area contributed by atoms with E-state index in [1.54, 1.807) is 25.2 Å². The molecule has 19 heavy (non-hydrogen) atoms. The second-order valence-electron chi connectivity index (χ2n) is 4.60.